The van der Waals surface area contributed by atoms with Crippen LogP contribution >= 0.6 is 47.8 Å². The fraction of sp³-hybridized carbons (Fsp3) is 0.455. The molecule has 1 aromatic rings. The number of rotatable bonds is 4. The van der Waals surface area contributed by atoms with E-state index in [4.69, 9.17) is 4.74 Å². The van der Waals surface area contributed by atoms with E-state index >= 15 is 0 Å². The minimum Gasteiger partial charge on any atom is -0.494 e. The van der Waals surface area contributed by atoms with Gasteiger partial charge in [-0.05, 0) is 24.1 Å². The van der Waals surface area contributed by atoms with Crippen molar-refractivity contribution < 1.29 is 4.74 Å². The van der Waals surface area contributed by atoms with Crippen LogP contribution in [0, 0.1) is 0 Å². The molecular formula is C11H13Br3O. The van der Waals surface area contributed by atoms with Gasteiger partial charge in [-0.2, -0.15) is 0 Å². The van der Waals surface area contributed by atoms with Gasteiger partial charge in [-0.1, -0.05) is 73.3 Å². The van der Waals surface area contributed by atoms with Crippen LogP contribution in [0.25, 0.3) is 0 Å². The van der Waals surface area contributed by atoms with Gasteiger partial charge in [0, 0.05) is 0 Å². The predicted octanol–water partition coefficient (Wildman–Crippen LogP) is 5.16. The molecule has 0 spiro atoms. The Labute approximate surface area is 116 Å². The number of hydrogen-bond acceptors (Lipinski definition) is 1. The van der Waals surface area contributed by atoms with Crippen molar-refractivity contribution in [2.75, 3.05) is 6.61 Å². The average Bonchev–Trinajstić information content (AvgIpc) is 2.17. The summed E-state index contributed by atoms with van der Waals surface area (Å²) in [6.07, 6.45) is 2.24. The summed E-state index contributed by atoms with van der Waals surface area (Å²) in [5.74, 6) is 0.906. The molecule has 0 amide bonds. The van der Waals surface area contributed by atoms with Gasteiger partial charge in [0.05, 0.1) is 6.61 Å². The standard InChI is InChI=1S/C11H13Br3O/c1-2-3-7-15-10-6-4-5-9(8-10)11(12,13)14/h4-6,8H,2-3,7H2,1H3. The lowest BCUT2D eigenvalue weighted by Crippen LogP contribution is -2.00. The van der Waals surface area contributed by atoms with Crippen LogP contribution in [0.4, 0.5) is 0 Å². The van der Waals surface area contributed by atoms with Crippen LogP contribution in [0.15, 0.2) is 24.3 Å². The normalized spacial score (nSPS) is 11.5. The molecule has 0 radical (unpaired) electrons. The third-order valence-electron chi connectivity index (χ3n) is 1.93. The summed E-state index contributed by atoms with van der Waals surface area (Å²) in [5.41, 5.74) is 1.08. The average molecular weight is 401 g/mol. The van der Waals surface area contributed by atoms with Crippen molar-refractivity contribution in [3.8, 4) is 5.75 Å². The maximum atomic E-state index is 5.62. The number of benzene rings is 1. The van der Waals surface area contributed by atoms with Crippen molar-refractivity contribution in [2.24, 2.45) is 0 Å². The molecule has 0 aromatic heterocycles. The summed E-state index contributed by atoms with van der Waals surface area (Å²) in [5, 5.41) is 0. The van der Waals surface area contributed by atoms with Gasteiger partial charge in [0.1, 0.15) is 5.75 Å². The summed E-state index contributed by atoms with van der Waals surface area (Å²) >= 11 is 10.4. The lowest BCUT2D eigenvalue weighted by molar-refractivity contribution is 0.309. The second kappa shape index (κ2) is 6.26. The number of unbranched alkanes of at least 4 members (excludes halogenated alkanes) is 1. The van der Waals surface area contributed by atoms with Crippen molar-refractivity contribution in [3.63, 3.8) is 0 Å². The fourth-order valence-corrected chi connectivity index (χ4v) is 1.84. The third kappa shape index (κ3) is 4.87. The summed E-state index contributed by atoms with van der Waals surface area (Å²) in [4.78, 5) is 0. The molecular weight excluding hydrogens is 388 g/mol. The minimum atomic E-state index is -0.364. The zero-order valence-corrected chi connectivity index (χ0v) is 13.2. The highest BCUT2D eigenvalue weighted by molar-refractivity contribution is 9.38. The molecule has 0 bridgehead atoms. The Balaban J connectivity index is 2.66. The van der Waals surface area contributed by atoms with Gasteiger partial charge < -0.3 is 4.74 Å². The SMILES string of the molecule is CCCCOc1cccc(C(Br)(Br)Br)c1. The molecule has 0 saturated carbocycles. The van der Waals surface area contributed by atoms with E-state index in [0.29, 0.717) is 0 Å². The smallest absolute Gasteiger partial charge is 0.160 e. The minimum absolute atomic E-state index is 0.364. The predicted molar refractivity (Wildman–Crippen MR) is 75.3 cm³/mol. The van der Waals surface area contributed by atoms with Crippen molar-refractivity contribution in [3.05, 3.63) is 29.8 Å². The highest BCUT2D eigenvalue weighted by atomic mass is 80.0. The van der Waals surface area contributed by atoms with E-state index in [-0.39, 0.29) is 2.14 Å². The molecule has 0 atom stereocenters. The number of hydrogen-bond donors (Lipinski definition) is 0. The molecule has 0 saturated heterocycles. The quantitative estimate of drug-likeness (QED) is 0.501. The van der Waals surface area contributed by atoms with Gasteiger partial charge in [-0.3, -0.25) is 0 Å². The zero-order valence-electron chi connectivity index (χ0n) is 8.47. The second-order valence-corrected chi connectivity index (χ2v) is 9.99. The van der Waals surface area contributed by atoms with Crippen molar-refractivity contribution in [1.29, 1.82) is 0 Å². The Kier molecular flexibility index (Phi) is 5.64. The van der Waals surface area contributed by atoms with Crippen LogP contribution in [0.2, 0.25) is 0 Å². The highest BCUT2D eigenvalue weighted by Crippen LogP contribution is 2.44. The molecule has 0 aliphatic carbocycles. The molecule has 0 heterocycles. The van der Waals surface area contributed by atoms with Gasteiger partial charge in [-0.15, -0.1) is 0 Å². The van der Waals surface area contributed by atoms with E-state index in [9.17, 15) is 0 Å². The van der Waals surface area contributed by atoms with E-state index in [1.807, 2.05) is 24.3 Å². The first-order valence-electron chi connectivity index (χ1n) is 4.84. The van der Waals surface area contributed by atoms with Crippen molar-refractivity contribution in [2.45, 2.75) is 21.9 Å². The Bertz CT molecular complexity index is 307. The molecule has 4 heteroatoms. The first-order valence-corrected chi connectivity index (χ1v) is 7.22. The summed E-state index contributed by atoms with van der Waals surface area (Å²) < 4.78 is 5.26. The van der Waals surface area contributed by atoms with E-state index in [1.54, 1.807) is 0 Å². The first-order chi connectivity index (χ1) is 7.04. The molecule has 0 N–H and O–H groups in total. The van der Waals surface area contributed by atoms with E-state index in [1.165, 1.54) is 0 Å². The molecule has 1 aromatic carbocycles. The summed E-state index contributed by atoms with van der Waals surface area (Å²) in [6, 6.07) is 7.98. The summed E-state index contributed by atoms with van der Waals surface area (Å²) in [6.45, 7) is 2.93. The van der Waals surface area contributed by atoms with Crippen LogP contribution in [0.1, 0.15) is 25.3 Å². The van der Waals surface area contributed by atoms with Crippen LogP contribution < -0.4 is 4.74 Å². The maximum absolute atomic E-state index is 5.62. The Morgan fingerprint density at radius 1 is 1.27 bits per heavy atom. The topological polar surface area (TPSA) is 9.23 Å². The van der Waals surface area contributed by atoms with Crippen LogP contribution in [0.3, 0.4) is 0 Å². The van der Waals surface area contributed by atoms with E-state index in [0.717, 1.165) is 30.8 Å². The van der Waals surface area contributed by atoms with E-state index in [2.05, 4.69) is 54.7 Å². The molecule has 15 heavy (non-hydrogen) atoms. The van der Waals surface area contributed by atoms with Gasteiger partial charge in [0.2, 0.25) is 0 Å². The third-order valence-corrected chi connectivity index (χ3v) is 3.30. The Morgan fingerprint density at radius 2 is 2.00 bits per heavy atom. The lowest BCUT2D eigenvalue weighted by atomic mass is 10.2. The van der Waals surface area contributed by atoms with Gasteiger partial charge >= 0.3 is 0 Å². The molecule has 0 aliphatic rings. The first kappa shape index (κ1) is 13.5. The molecule has 1 nitrogen and oxygen atoms in total. The lowest BCUT2D eigenvalue weighted by Gasteiger charge is -2.14. The van der Waals surface area contributed by atoms with Crippen LogP contribution in [0.5, 0.6) is 5.75 Å². The maximum Gasteiger partial charge on any atom is 0.160 e. The van der Waals surface area contributed by atoms with Crippen molar-refractivity contribution in [1.82, 2.24) is 0 Å². The zero-order chi connectivity index (χ0) is 11.3. The molecule has 84 valence electrons. The largest absolute Gasteiger partial charge is 0.494 e. The monoisotopic (exact) mass is 398 g/mol. The Hall–Kier alpha value is 0.460. The second-order valence-electron chi connectivity index (χ2n) is 3.23. The fourth-order valence-electron chi connectivity index (χ4n) is 1.10. The Morgan fingerprint density at radius 3 is 2.60 bits per heavy atom. The number of alkyl halides is 3. The molecule has 0 fully saturated rings. The van der Waals surface area contributed by atoms with Gasteiger partial charge in [0.25, 0.3) is 0 Å². The van der Waals surface area contributed by atoms with Crippen molar-refractivity contribution >= 4 is 47.8 Å². The van der Waals surface area contributed by atoms with Crippen LogP contribution in [-0.2, 0) is 2.14 Å². The van der Waals surface area contributed by atoms with Gasteiger partial charge in [0.15, 0.2) is 2.14 Å². The van der Waals surface area contributed by atoms with Gasteiger partial charge in [-0.25, -0.2) is 0 Å². The molecule has 0 aliphatic heterocycles. The number of halogens is 3. The molecule has 1 rings (SSSR count). The highest BCUT2D eigenvalue weighted by Gasteiger charge is 2.20. The van der Waals surface area contributed by atoms with Crippen LogP contribution in [-0.4, -0.2) is 6.61 Å². The molecule has 0 unspecified atom stereocenters. The summed E-state index contributed by atoms with van der Waals surface area (Å²) in [7, 11) is 0. The van der Waals surface area contributed by atoms with E-state index < -0.39 is 0 Å². The number of ether oxygens (including phenoxy) is 1.